The van der Waals surface area contributed by atoms with E-state index in [2.05, 4.69) is 10.3 Å². The Bertz CT molecular complexity index is 964. The molecule has 26 heavy (non-hydrogen) atoms. The minimum atomic E-state index is -0.209. The Morgan fingerprint density at radius 2 is 2.00 bits per heavy atom. The Hall–Kier alpha value is -1.86. The second-order valence-corrected chi connectivity index (χ2v) is 8.34. The highest BCUT2D eigenvalue weighted by atomic mass is 35.5. The van der Waals surface area contributed by atoms with Gasteiger partial charge in [-0.05, 0) is 54.7 Å². The van der Waals surface area contributed by atoms with Crippen LogP contribution in [0.15, 0.2) is 54.7 Å². The minimum absolute atomic E-state index is 0.105. The summed E-state index contributed by atoms with van der Waals surface area (Å²) < 4.78 is 0.688. The third kappa shape index (κ3) is 3.14. The average molecular weight is 422 g/mol. The lowest BCUT2D eigenvalue weighted by Gasteiger charge is -2.27. The molecule has 0 spiro atoms. The number of pyridine rings is 1. The summed E-state index contributed by atoms with van der Waals surface area (Å²) in [5.74, 6) is 0.105. The predicted octanol–water partition coefficient (Wildman–Crippen LogP) is 5.33. The number of halogens is 2. The summed E-state index contributed by atoms with van der Waals surface area (Å²) in [5.41, 5.74) is 1.40. The van der Waals surface area contributed by atoms with E-state index >= 15 is 0 Å². The summed E-state index contributed by atoms with van der Waals surface area (Å²) >= 11 is 19.4. The summed E-state index contributed by atoms with van der Waals surface area (Å²) in [5, 5.41) is 14.8. The number of nitrogens with one attached hydrogen (secondary N) is 1. The number of nitrogens with zero attached hydrogens (tertiary/aromatic N) is 2. The molecule has 3 aromatic rings. The molecule has 1 aliphatic rings. The summed E-state index contributed by atoms with van der Waals surface area (Å²) in [6.07, 6.45) is 1.75. The highest BCUT2D eigenvalue weighted by Gasteiger charge is 2.42. The van der Waals surface area contributed by atoms with Crippen LogP contribution in [0.2, 0.25) is 9.36 Å². The number of aromatic hydroxyl groups is 1. The number of aromatic nitrogens is 1. The van der Waals surface area contributed by atoms with E-state index in [1.54, 1.807) is 24.4 Å². The second kappa shape index (κ2) is 7.04. The summed E-state index contributed by atoms with van der Waals surface area (Å²) in [7, 11) is 0. The number of thiophene rings is 1. The van der Waals surface area contributed by atoms with Gasteiger partial charge in [-0.25, -0.2) is 0 Å². The first kappa shape index (κ1) is 17.5. The molecule has 4 rings (SSSR count). The van der Waals surface area contributed by atoms with Gasteiger partial charge in [0.1, 0.15) is 5.75 Å². The molecule has 0 saturated carbocycles. The number of anilines is 1. The van der Waals surface area contributed by atoms with Gasteiger partial charge in [0.05, 0.1) is 27.8 Å². The lowest BCUT2D eigenvalue weighted by atomic mass is 10.0. The van der Waals surface area contributed by atoms with Gasteiger partial charge in [-0.15, -0.1) is 11.3 Å². The van der Waals surface area contributed by atoms with Gasteiger partial charge in [-0.1, -0.05) is 29.3 Å². The van der Waals surface area contributed by atoms with Crippen molar-refractivity contribution in [3.63, 3.8) is 0 Å². The van der Waals surface area contributed by atoms with Crippen LogP contribution in [0.3, 0.4) is 0 Å². The topological polar surface area (TPSA) is 48.4 Å². The van der Waals surface area contributed by atoms with Crippen LogP contribution in [0.25, 0.3) is 0 Å². The fraction of sp³-hybridized carbons (Fsp3) is 0.111. The van der Waals surface area contributed by atoms with Crippen molar-refractivity contribution in [3.8, 4) is 5.75 Å². The van der Waals surface area contributed by atoms with Gasteiger partial charge in [-0.3, -0.25) is 4.98 Å². The normalized spacial score (nSPS) is 19.6. The fourth-order valence-electron chi connectivity index (χ4n) is 3.08. The van der Waals surface area contributed by atoms with Crippen molar-refractivity contribution < 1.29 is 5.11 Å². The first-order chi connectivity index (χ1) is 12.5. The van der Waals surface area contributed by atoms with Crippen LogP contribution in [-0.2, 0) is 0 Å². The highest BCUT2D eigenvalue weighted by Crippen LogP contribution is 2.46. The number of hydrogen-bond acceptors (Lipinski definition) is 4. The second-order valence-electron chi connectivity index (χ2n) is 5.77. The number of phenolic OH excluding ortho intramolecular Hbond substituents is 1. The van der Waals surface area contributed by atoms with Gasteiger partial charge < -0.3 is 15.3 Å². The van der Waals surface area contributed by atoms with Crippen molar-refractivity contribution in [3.05, 3.63) is 74.7 Å². The Morgan fingerprint density at radius 3 is 2.69 bits per heavy atom. The number of rotatable bonds is 3. The summed E-state index contributed by atoms with van der Waals surface area (Å²) in [6, 6.07) is 14.1. The van der Waals surface area contributed by atoms with Gasteiger partial charge >= 0.3 is 0 Å². The zero-order chi connectivity index (χ0) is 18.3. The molecule has 0 aliphatic carbocycles. The first-order valence-corrected chi connectivity index (χ1v) is 9.77. The molecule has 2 N–H and O–H groups in total. The predicted molar refractivity (Wildman–Crippen MR) is 110 cm³/mol. The molecule has 2 aromatic heterocycles. The zero-order valence-electron chi connectivity index (χ0n) is 13.3. The molecule has 0 radical (unpaired) electrons. The molecule has 8 heteroatoms. The maximum Gasteiger partial charge on any atom is 0.174 e. The molecule has 1 aliphatic heterocycles. The number of benzene rings is 1. The smallest absolute Gasteiger partial charge is 0.174 e. The molecule has 4 nitrogen and oxygen atoms in total. The molecule has 2 atom stereocenters. The molecular formula is C18H13Cl2N3OS2. The third-order valence-electron chi connectivity index (χ3n) is 4.18. The van der Waals surface area contributed by atoms with Crippen molar-refractivity contribution in [2.24, 2.45) is 0 Å². The molecule has 132 valence electrons. The standard InChI is InChI=1S/C18H13Cl2N3OS2/c19-10-4-5-13(24)12(9-10)23-17(14-6-7-15(20)26-14)16(22-18(23)25)11-3-1-2-8-21-11/h1-9,16-17,24H,(H,22,25)/t16-,17-/m0/s1. The number of hydrogen-bond donors (Lipinski definition) is 2. The Kier molecular flexibility index (Phi) is 4.75. The first-order valence-electron chi connectivity index (χ1n) is 7.79. The maximum absolute atomic E-state index is 10.4. The lowest BCUT2D eigenvalue weighted by Crippen LogP contribution is -2.29. The van der Waals surface area contributed by atoms with Crippen LogP contribution in [0.5, 0.6) is 5.75 Å². The minimum Gasteiger partial charge on any atom is -0.506 e. The Balaban J connectivity index is 1.86. The van der Waals surface area contributed by atoms with Crippen molar-refractivity contribution in [2.75, 3.05) is 4.90 Å². The van der Waals surface area contributed by atoms with Gasteiger partial charge in [0.25, 0.3) is 0 Å². The van der Waals surface area contributed by atoms with Gasteiger partial charge in [0.2, 0.25) is 0 Å². The van der Waals surface area contributed by atoms with Crippen molar-refractivity contribution in [1.29, 1.82) is 0 Å². The van der Waals surface area contributed by atoms with E-state index in [9.17, 15) is 5.11 Å². The average Bonchev–Trinajstić information content (AvgIpc) is 3.21. The van der Waals surface area contributed by atoms with Crippen molar-refractivity contribution >= 4 is 57.6 Å². The Morgan fingerprint density at radius 1 is 1.15 bits per heavy atom. The van der Waals surface area contributed by atoms with E-state index in [1.165, 1.54) is 11.3 Å². The molecule has 0 amide bonds. The monoisotopic (exact) mass is 421 g/mol. The molecule has 0 bridgehead atoms. The van der Waals surface area contributed by atoms with E-state index in [-0.39, 0.29) is 17.8 Å². The van der Waals surface area contributed by atoms with E-state index < -0.39 is 0 Å². The largest absolute Gasteiger partial charge is 0.506 e. The molecule has 1 fully saturated rings. The van der Waals surface area contributed by atoms with Crippen LogP contribution in [0, 0.1) is 0 Å². The van der Waals surface area contributed by atoms with Crippen LogP contribution in [0.1, 0.15) is 22.7 Å². The molecular weight excluding hydrogens is 409 g/mol. The number of thiocarbonyl (C=S) groups is 1. The molecule has 1 saturated heterocycles. The maximum atomic E-state index is 10.4. The third-order valence-corrected chi connectivity index (χ3v) is 6.03. The van der Waals surface area contributed by atoms with E-state index in [1.807, 2.05) is 35.2 Å². The summed E-state index contributed by atoms with van der Waals surface area (Å²) in [4.78, 5) is 7.36. The molecule has 3 heterocycles. The van der Waals surface area contributed by atoms with E-state index in [4.69, 9.17) is 35.4 Å². The van der Waals surface area contributed by atoms with E-state index in [0.717, 1.165) is 10.6 Å². The van der Waals surface area contributed by atoms with Crippen LogP contribution in [-0.4, -0.2) is 15.2 Å². The summed E-state index contributed by atoms with van der Waals surface area (Å²) in [6.45, 7) is 0. The van der Waals surface area contributed by atoms with Crippen molar-refractivity contribution in [2.45, 2.75) is 12.1 Å². The number of phenols is 1. The van der Waals surface area contributed by atoms with Crippen LogP contribution >= 0.6 is 46.8 Å². The molecule has 0 unspecified atom stereocenters. The van der Waals surface area contributed by atoms with Gasteiger partial charge in [0.15, 0.2) is 5.11 Å². The fourth-order valence-corrected chi connectivity index (χ4v) is 4.78. The van der Waals surface area contributed by atoms with Crippen LogP contribution < -0.4 is 10.2 Å². The van der Waals surface area contributed by atoms with E-state index in [0.29, 0.717) is 20.2 Å². The SMILES string of the molecule is Oc1ccc(Cl)cc1N1C(=S)N[C@@H](c2ccccn2)[C@@H]1c1ccc(Cl)s1. The molecule has 1 aromatic carbocycles. The quantitative estimate of drug-likeness (QED) is 0.559. The van der Waals surface area contributed by atoms with Crippen LogP contribution in [0.4, 0.5) is 5.69 Å². The Labute approximate surface area is 170 Å². The highest BCUT2D eigenvalue weighted by molar-refractivity contribution is 7.80. The zero-order valence-corrected chi connectivity index (χ0v) is 16.4. The van der Waals surface area contributed by atoms with Gasteiger partial charge in [0, 0.05) is 16.1 Å². The van der Waals surface area contributed by atoms with Crippen molar-refractivity contribution in [1.82, 2.24) is 10.3 Å². The van der Waals surface area contributed by atoms with Gasteiger partial charge in [-0.2, -0.15) is 0 Å². The lowest BCUT2D eigenvalue weighted by molar-refractivity contribution is 0.473.